The maximum atomic E-state index is 12.2. The molecule has 0 amide bonds. The van der Waals surface area contributed by atoms with Gasteiger partial charge in [0, 0.05) is 10.5 Å². The highest BCUT2D eigenvalue weighted by atomic mass is 79.9. The normalized spacial score (nSPS) is 12.2. The van der Waals surface area contributed by atoms with E-state index in [4.69, 9.17) is 4.42 Å². The van der Waals surface area contributed by atoms with E-state index < -0.39 is 6.36 Å². The molecule has 3 nitrogen and oxygen atoms in total. The number of alkyl halides is 3. The Balaban J connectivity index is 1.82. The fraction of sp³-hybridized carbons (Fsp3) is 0.0625. The molecule has 0 aliphatic heterocycles. The van der Waals surface area contributed by atoms with E-state index in [0.29, 0.717) is 22.6 Å². The largest absolute Gasteiger partial charge is 0.573 e. The minimum atomic E-state index is -4.71. The highest BCUT2D eigenvalue weighted by Crippen LogP contribution is 2.25. The molecule has 0 spiro atoms. The van der Waals surface area contributed by atoms with Crippen molar-refractivity contribution in [2.45, 2.75) is 6.36 Å². The number of halogens is 4. The predicted molar refractivity (Wildman–Crippen MR) is 83.8 cm³/mol. The third-order valence-corrected chi connectivity index (χ3v) is 3.37. The molecule has 0 aliphatic rings. The Morgan fingerprint density at radius 1 is 1.09 bits per heavy atom. The predicted octanol–water partition coefficient (Wildman–Crippen LogP) is 5.66. The van der Waals surface area contributed by atoms with Crippen molar-refractivity contribution >= 4 is 39.2 Å². The fourth-order valence-corrected chi connectivity index (χ4v) is 2.32. The van der Waals surface area contributed by atoms with Crippen molar-refractivity contribution in [3.8, 4) is 5.75 Å². The van der Waals surface area contributed by atoms with Gasteiger partial charge in [-0.05, 0) is 42.0 Å². The van der Waals surface area contributed by atoms with Crippen LogP contribution in [0.15, 0.2) is 51.4 Å². The van der Waals surface area contributed by atoms with Gasteiger partial charge in [0.25, 0.3) is 0 Å². The molecule has 0 saturated carbocycles. The molecule has 23 heavy (non-hydrogen) atoms. The molecule has 0 aliphatic carbocycles. The summed E-state index contributed by atoms with van der Waals surface area (Å²) in [4.78, 5) is 4.28. The Hall–Kier alpha value is -2.28. The fourth-order valence-electron chi connectivity index (χ4n) is 1.97. The van der Waals surface area contributed by atoms with Gasteiger partial charge in [-0.2, -0.15) is 0 Å². The summed E-state index contributed by atoms with van der Waals surface area (Å²) in [5.74, 6) is 0.0846. The summed E-state index contributed by atoms with van der Waals surface area (Å²) in [6.07, 6.45) is -1.53. The van der Waals surface area contributed by atoms with Gasteiger partial charge in [-0.1, -0.05) is 28.1 Å². The lowest BCUT2D eigenvalue weighted by atomic mass is 10.2. The van der Waals surface area contributed by atoms with Crippen LogP contribution in [0, 0.1) is 0 Å². The van der Waals surface area contributed by atoms with Crippen molar-refractivity contribution in [1.82, 2.24) is 4.98 Å². The molecule has 2 aromatic carbocycles. The quantitative estimate of drug-likeness (QED) is 0.585. The summed E-state index contributed by atoms with van der Waals surface area (Å²) in [6, 6.07) is 11.1. The molecule has 0 atom stereocenters. The molecule has 0 saturated heterocycles. The van der Waals surface area contributed by atoms with Crippen LogP contribution in [-0.4, -0.2) is 11.3 Å². The third-order valence-electron chi connectivity index (χ3n) is 2.88. The Bertz CT molecular complexity index is 871. The van der Waals surface area contributed by atoms with Crippen molar-refractivity contribution in [2.75, 3.05) is 0 Å². The topological polar surface area (TPSA) is 35.3 Å². The smallest absolute Gasteiger partial charge is 0.437 e. The van der Waals surface area contributed by atoms with Crippen LogP contribution >= 0.6 is 15.9 Å². The summed E-state index contributed by atoms with van der Waals surface area (Å²) in [6.45, 7) is 0. The minimum absolute atomic E-state index is 0.277. The maximum absolute atomic E-state index is 12.2. The van der Waals surface area contributed by atoms with Gasteiger partial charge in [0.1, 0.15) is 11.3 Å². The number of aromatic nitrogens is 1. The lowest BCUT2D eigenvalue weighted by molar-refractivity contribution is -0.274. The van der Waals surface area contributed by atoms with Gasteiger partial charge in [-0.3, -0.25) is 0 Å². The number of benzene rings is 2. The highest BCUT2D eigenvalue weighted by Gasteiger charge is 2.30. The number of hydrogen-bond acceptors (Lipinski definition) is 3. The number of nitrogens with zero attached hydrogens (tertiary/aromatic N) is 1. The zero-order valence-corrected chi connectivity index (χ0v) is 13.1. The van der Waals surface area contributed by atoms with Crippen LogP contribution < -0.4 is 4.74 Å². The van der Waals surface area contributed by atoms with E-state index >= 15 is 0 Å². The van der Waals surface area contributed by atoms with E-state index in [1.807, 2.05) is 12.1 Å². The van der Waals surface area contributed by atoms with Crippen LogP contribution in [0.4, 0.5) is 13.2 Å². The highest BCUT2D eigenvalue weighted by molar-refractivity contribution is 9.10. The first kappa shape index (κ1) is 15.6. The second-order valence-electron chi connectivity index (χ2n) is 4.62. The Kier molecular flexibility index (Phi) is 4.12. The van der Waals surface area contributed by atoms with Crippen LogP contribution in [0.25, 0.3) is 23.3 Å². The molecule has 118 valence electrons. The molecule has 0 unspecified atom stereocenters. The standard InChI is InChI=1S/C16H9BrF3NO2/c17-11-5-6-14-13(9-11)21-15(22-14)7-4-10-2-1-3-12(8-10)23-16(18,19)20/h1-9H. The molecular weight excluding hydrogens is 375 g/mol. The molecule has 3 rings (SSSR count). The second kappa shape index (κ2) is 6.08. The maximum Gasteiger partial charge on any atom is 0.573 e. The molecule has 7 heteroatoms. The monoisotopic (exact) mass is 383 g/mol. The summed E-state index contributed by atoms with van der Waals surface area (Å²) in [5, 5.41) is 0. The van der Waals surface area contributed by atoms with Gasteiger partial charge < -0.3 is 9.15 Å². The summed E-state index contributed by atoms with van der Waals surface area (Å²) >= 11 is 3.34. The Labute approximate surface area is 137 Å². The van der Waals surface area contributed by atoms with E-state index in [-0.39, 0.29) is 5.75 Å². The Morgan fingerprint density at radius 3 is 2.70 bits per heavy atom. The molecule has 0 fully saturated rings. The first-order valence-corrected chi connectivity index (χ1v) is 7.28. The number of ether oxygens (including phenoxy) is 1. The van der Waals surface area contributed by atoms with Gasteiger partial charge >= 0.3 is 6.36 Å². The lowest BCUT2D eigenvalue weighted by Crippen LogP contribution is -2.17. The number of fused-ring (bicyclic) bond motifs is 1. The molecule has 1 aromatic heterocycles. The lowest BCUT2D eigenvalue weighted by Gasteiger charge is -2.08. The summed E-state index contributed by atoms with van der Waals surface area (Å²) in [5.41, 5.74) is 1.85. The van der Waals surface area contributed by atoms with E-state index in [1.165, 1.54) is 18.2 Å². The van der Waals surface area contributed by atoms with Crippen molar-refractivity contribution in [2.24, 2.45) is 0 Å². The SMILES string of the molecule is FC(F)(F)Oc1cccc(C=Cc2nc3cc(Br)ccc3o2)c1. The zero-order valence-electron chi connectivity index (χ0n) is 11.5. The Morgan fingerprint density at radius 2 is 1.91 bits per heavy atom. The van der Waals surface area contributed by atoms with Crippen LogP contribution in [0.2, 0.25) is 0 Å². The number of rotatable bonds is 3. The second-order valence-corrected chi connectivity index (χ2v) is 5.53. The molecule has 0 bridgehead atoms. The number of hydrogen-bond donors (Lipinski definition) is 0. The van der Waals surface area contributed by atoms with Gasteiger partial charge in [0.15, 0.2) is 5.58 Å². The summed E-state index contributed by atoms with van der Waals surface area (Å²) < 4.78 is 46.9. The van der Waals surface area contributed by atoms with Crippen LogP contribution in [0.5, 0.6) is 5.75 Å². The zero-order chi connectivity index (χ0) is 16.4. The molecule has 3 aromatic rings. The van der Waals surface area contributed by atoms with Crippen molar-refractivity contribution in [3.05, 3.63) is 58.4 Å². The number of oxazole rings is 1. The summed E-state index contributed by atoms with van der Waals surface area (Å²) in [7, 11) is 0. The average molecular weight is 384 g/mol. The molecule has 0 N–H and O–H groups in total. The van der Waals surface area contributed by atoms with E-state index in [0.717, 1.165) is 4.47 Å². The molecule has 1 heterocycles. The van der Waals surface area contributed by atoms with Crippen LogP contribution in [0.3, 0.4) is 0 Å². The van der Waals surface area contributed by atoms with Gasteiger partial charge in [0.05, 0.1) is 0 Å². The van der Waals surface area contributed by atoms with Crippen LogP contribution in [0.1, 0.15) is 11.5 Å². The van der Waals surface area contributed by atoms with E-state index in [1.54, 1.807) is 24.3 Å². The molecule has 0 radical (unpaired) electrons. The first-order chi connectivity index (χ1) is 10.9. The van der Waals surface area contributed by atoms with E-state index in [9.17, 15) is 13.2 Å². The van der Waals surface area contributed by atoms with Crippen LogP contribution in [-0.2, 0) is 0 Å². The minimum Gasteiger partial charge on any atom is -0.437 e. The van der Waals surface area contributed by atoms with Crippen molar-refractivity contribution < 1.29 is 22.3 Å². The van der Waals surface area contributed by atoms with Crippen molar-refractivity contribution in [3.63, 3.8) is 0 Å². The average Bonchev–Trinajstić information content (AvgIpc) is 2.85. The molecular formula is C16H9BrF3NO2. The van der Waals surface area contributed by atoms with E-state index in [2.05, 4.69) is 25.7 Å². The first-order valence-electron chi connectivity index (χ1n) is 6.49. The third kappa shape index (κ3) is 4.13. The van der Waals surface area contributed by atoms with Crippen molar-refractivity contribution in [1.29, 1.82) is 0 Å². The van der Waals surface area contributed by atoms with Gasteiger partial charge in [-0.25, -0.2) is 4.98 Å². The van der Waals surface area contributed by atoms with Gasteiger partial charge in [0.2, 0.25) is 5.89 Å². The van der Waals surface area contributed by atoms with Gasteiger partial charge in [-0.15, -0.1) is 13.2 Å².